The Hall–Kier alpha value is -3.08. The molecule has 1 amide bonds. The van der Waals surface area contributed by atoms with E-state index in [4.69, 9.17) is 9.15 Å². The van der Waals surface area contributed by atoms with Gasteiger partial charge in [-0.3, -0.25) is 4.79 Å². The molecule has 0 atom stereocenters. The lowest BCUT2D eigenvalue weighted by Gasteiger charge is -2.07. The van der Waals surface area contributed by atoms with Crippen molar-refractivity contribution in [3.63, 3.8) is 0 Å². The van der Waals surface area contributed by atoms with E-state index in [9.17, 15) is 13.2 Å². The van der Waals surface area contributed by atoms with Crippen molar-refractivity contribution < 1.29 is 22.4 Å². The molecular weight excluding hydrogens is 492 g/mol. The van der Waals surface area contributed by atoms with Gasteiger partial charge in [0, 0.05) is 5.69 Å². The molecule has 2 heterocycles. The van der Waals surface area contributed by atoms with Crippen LogP contribution in [0.3, 0.4) is 0 Å². The molecule has 0 bridgehead atoms. The summed E-state index contributed by atoms with van der Waals surface area (Å²) >= 11 is 2.38. The lowest BCUT2D eigenvalue weighted by atomic mass is 10.2. The molecule has 4 aromatic rings. The van der Waals surface area contributed by atoms with Crippen molar-refractivity contribution in [3.8, 4) is 16.5 Å². The fourth-order valence-corrected chi connectivity index (χ4v) is 6.00. The third kappa shape index (κ3) is 5.52. The molecule has 2 aromatic heterocycles. The van der Waals surface area contributed by atoms with Crippen molar-refractivity contribution >= 4 is 44.5 Å². The van der Waals surface area contributed by atoms with Gasteiger partial charge in [-0.2, -0.15) is 4.98 Å². The smallest absolute Gasteiger partial charge is 0.238 e. The lowest BCUT2D eigenvalue weighted by molar-refractivity contribution is -0.113. The van der Waals surface area contributed by atoms with Crippen LogP contribution in [-0.2, 0) is 14.6 Å². The molecule has 0 aliphatic rings. The molecule has 2 aromatic carbocycles. The summed E-state index contributed by atoms with van der Waals surface area (Å²) in [5, 5.41) is 4.52. The largest absolute Gasteiger partial charge is 0.494 e. The minimum absolute atomic E-state index is 0.0529. The van der Waals surface area contributed by atoms with Crippen LogP contribution in [0.4, 0.5) is 5.69 Å². The number of nitrogens with one attached hydrogen (secondary N) is 1. The molecule has 0 saturated carbocycles. The van der Waals surface area contributed by atoms with Crippen LogP contribution in [0.15, 0.2) is 85.5 Å². The van der Waals surface area contributed by atoms with E-state index >= 15 is 0 Å². The first-order valence-electron chi connectivity index (χ1n) is 10.4. The fraction of sp³-hybridized carbons (Fsp3) is 0.167. The lowest BCUT2D eigenvalue weighted by Crippen LogP contribution is -2.14. The van der Waals surface area contributed by atoms with E-state index in [2.05, 4.69) is 10.3 Å². The molecular formula is C24H22N2O5S3. The summed E-state index contributed by atoms with van der Waals surface area (Å²) in [7, 11) is -3.94. The van der Waals surface area contributed by atoms with Gasteiger partial charge in [-0.25, -0.2) is 8.42 Å². The first kappa shape index (κ1) is 24.1. The standard InChI is InChI=1S/C24H22N2O5S3/c1-3-30-18-10-8-17(9-11-18)25-21(27)15-33-24-23(26-22(31-24)20-5-4-14-32-20)34(28,29)19-12-6-16(2)7-13-19/h4-14H,3,15H2,1-2H3,(H,25,27). The van der Waals surface area contributed by atoms with Gasteiger partial charge in [0.1, 0.15) is 5.75 Å². The number of thioether (sulfide) groups is 1. The summed E-state index contributed by atoms with van der Waals surface area (Å²) in [5.41, 5.74) is 1.55. The predicted octanol–water partition coefficient (Wildman–Crippen LogP) is 5.67. The van der Waals surface area contributed by atoms with Gasteiger partial charge in [-0.1, -0.05) is 35.5 Å². The van der Waals surface area contributed by atoms with Crippen molar-refractivity contribution in [1.29, 1.82) is 0 Å². The zero-order valence-corrected chi connectivity index (χ0v) is 20.9. The highest BCUT2D eigenvalue weighted by molar-refractivity contribution is 8.00. The van der Waals surface area contributed by atoms with E-state index in [1.54, 1.807) is 42.5 Å². The third-order valence-electron chi connectivity index (χ3n) is 4.67. The average Bonchev–Trinajstić information content (AvgIpc) is 3.50. The molecule has 0 aliphatic carbocycles. The maximum absolute atomic E-state index is 13.3. The van der Waals surface area contributed by atoms with Crippen molar-refractivity contribution in [3.05, 3.63) is 71.6 Å². The number of aromatic nitrogens is 1. The second-order valence-electron chi connectivity index (χ2n) is 7.20. The van der Waals surface area contributed by atoms with Gasteiger partial charge >= 0.3 is 0 Å². The Bertz CT molecular complexity index is 1360. The number of amides is 1. The molecule has 0 radical (unpaired) electrons. The average molecular weight is 515 g/mol. The van der Waals surface area contributed by atoms with Crippen LogP contribution >= 0.6 is 23.1 Å². The molecule has 176 valence electrons. The van der Waals surface area contributed by atoms with Crippen LogP contribution < -0.4 is 10.1 Å². The number of hydrogen-bond acceptors (Lipinski definition) is 8. The monoisotopic (exact) mass is 514 g/mol. The van der Waals surface area contributed by atoms with Gasteiger partial charge in [0.2, 0.25) is 31.8 Å². The van der Waals surface area contributed by atoms with E-state index in [0.717, 1.165) is 17.3 Å². The summed E-state index contributed by atoms with van der Waals surface area (Å²) in [4.78, 5) is 17.6. The molecule has 1 N–H and O–H groups in total. The number of benzene rings is 2. The number of sulfone groups is 1. The van der Waals surface area contributed by atoms with E-state index < -0.39 is 9.84 Å². The Morgan fingerprint density at radius 1 is 1.12 bits per heavy atom. The van der Waals surface area contributed by atoms with E-state index in [1.165, 1.54) is 23.5 Å². The van der Waals surface area contributed by atoms with Crippen LogP contribution in [0.1, 0.15) is 12.5 Å². The van der Waals surface area contributed by atoms with Crippen molar-refractivity contribution in [2.75, 3.05) is 17.7 Å². The van der Waals surface area contributed by atoms with E-state index in [-0.39, 0.29) is 32.6 Å². The van der Waals surface area contributed by atoms with Gasteiger partial charge in [-0.05, 0) is 61.7 Å². The van der Waals surface area contributed by atoms with Gasteiger partial charge in [-0.15, -0.1) is 11.3 Å². The zero-order valence-electron chi connectivity index (χ0n) is 18.5. The summed E-state index contributed by atoms with van der Waals surface area (Å²) in [6, 6.07) is 17.2. The Kier molecular flexibility index (Phi) is 7.40. The van der Waals surface area contributed by atoms with Crippen molar-refractivity contribution in [2.24, 2.45) is 0 Å². The zero-order chi connectivity index (χ0) is 24.1. The summed E-state index contributed by atoms with van der Waals surface area (Å²) in [6.45, 7) is 4.33. The Labute approximate surface area is 206 Å². The second kappa shape index (κ2) is 10.5. The first-order valence-corrected chi connectivity index (χ1v) is 13.7. The number of anilines is 1. The number of ether oxygens (including phenoxy) is 1. The van der Waals surface area contributed by atoms with Crippen LogP contribution in [0.5, 0.6) is 5.75 Å². The molecule has 0 spiro atoms. The topological polar surface area (TPSA) is 98.5 Å². The first-order chi connectivity index (χ1) is 16.4. The highest BCUT2D eigenvalue weighted by atomic mass is 32.2. The molecule has 10 heteroatoms. The maximum Gasteiger partial charge on any atom is 0.238 e. The third-order valence-corrected chi connectivity index (χ3v) is 8.28. The van der Waals surface area contributed by atoms with Crippen molar-refractivity contribution in [2.45, 2.75) is 28.9 Å². The fourth-order valence-electron chi connectivity index (χ4n) is 3.02. The summed E-state index contributed by atoms with van der Waals surface area (Å²) < 4.78 is 37.9. The van der Waals surface area contributed by atoms with Crippen LogP contribution in [0.2, 0.25) is 0 Å². The number of nitrogens with zero attached hydrogens (tertiary/aromatic N) is 1. The molecule has 7 nitrogen and oxygen atoms in total. The Morgan fingerprint density at radius 3 is 2.50 bits per heavy atom. The number of carbonyl (C=O) groups is 1. The second-order valence-corrected chi connectivity index (χ2v) is 11.0. The SMILES string of the molecule is CCOc1ccc(NC(=O)CSc2oc(-c3cccs3)nc2S(=O)(=O)c2ccc(C)cc2)cc1. The summed E-state index contributed by atoms with van der Waals surface area (Å²) in [5.74, 6) is 0.559. The number of aryl methyl sites for hydroxylation is 1. The highest BCUT2D eigenvalue weighted by Gasteiger charge is 2.29. The normalized spacial score (nSPS) is 11.4. The number of carbonyl (C=O) groups excluding carboxylic acids is 1. The number of oxazole rings is 1. The molecule has 4 rings (SSSR count). The number of rotatable bonds is 9. The maximum atomic E-state index is 13.3. The van der Waals surface area contributed by atoms with Gasteiger partial charge in [0.15, 0.2) is 0 Å². The van der Waals surface area contributed by atoms with Crippen LogP contribution in [-0.4, -0.2) is 31.7 Å². The van der Waals surface area contributed by atoms with Crippen LogP contribution in [0, 0.1) is 6.92 Å². The Morgan fingerprint density at radius 2 is 1.85 bits per heavy atom. The summed E-state index contributed by atoms with van der Waals surface area (Å²) in [6.07, 6.45) is 0. The minimum Gasteiger partial charge on any atom is -0.494 e. The molecule has 0 saturated heterocycles. The number of thiophene rings is 1. The molecule has 0 fully saturated rings. The molecule has 34 heavy (non-hydrogen) atoms. The van der Waals surface area contributed by atoms with Crippen LogP contribution in [0.25, 0.3) is 10.8 Å². The quantitative estimate of drug-likeness (QED) is 0.287. The van der Waals surface area contributed by atoms with Gasteiger partial charge in [0.05, 0.1) is 22.1 Å². The van der Waals surface area contributed by atoms with Crippen molar-refractivity contribution in [1.82, 2.24) is 4.98 Å². The number of hydrogen-bond donors (Lipinski definition) is 1. The van der Waals surface area contributed by atoms with E-state index in [0.29, 0.717) is 22.9 Å². The van der Waals surface area contributed by atoms with Gasteiger partial charge in [0.25, 0.3) is 0 Å². The molecule has 0 unspecified atom stereocenters. The van der Waals surface area contributed by atoms with E-state index in [1.807, 2.05) is 25.3 Å². The highest BCUT2D eigenvalue weighted by Crippen LogP contribution is 2.36. The molecule has 0 aliphatic heterocycles. The van der Waals surface area contributed by atoms with Gasteiger partial charge < -0.3 is 14.5 Å². The minimum atomic E-state index is -3.94. The Balaban J connectivity index is 1.55. The predicted molar refractivity (Wildman–Crippen MR) is 133 cm³/mol.